The highest BCUT2D eigenvalue weighted by Gasteiger charge is 2.52. The highest BCUT2D eigenvalue weighted by Crippen LogP contribution is 2.37. The van der Waals surface area contributed by atoms with E-state index in [2.05, 4.69) is 40.0 Å². The van der Waals surface area contributed by atoms with Crippen molar-refractivity contribution in [2.45, 2.75) is 44.6 Å². The molecule has 20 heavy (non-hydrogen) atoms. The zero-order valence-corrected chi connectivity index (χ0v) is 14.0. The molecule has 0 saturated carbocycles. The standard InChI is InChI=1S/C15H23BO3S/c1-14(2)15(3,4)19-16(18-14)13-8-7-12(17-5)9-11(13)10-20-6/h7-9H,10H2,1-6H3. The minimum absolute atomic E-state index is 0.311. The monoisotopic (exact) mass is 294 g/mol. The molecule has 1 aliphatic rings. The minimum atomic E-state index is -0.312. The largest absolute Gasteiger partial charge is 0.497 e. The molecule has 1 aromatic carbocycles. The lowest BCUT2D eigenvalue weighted by atomic mass is 9.76. The van der Waals surface area contributed by atoms with E-state index in [0.717, 1.165) is 17.0 Å². The van der Waals surface area contributed by atoms with Crippen LogP contribution in [0.25, 0.3) is 0 Å². The first-order valence-corrected chi connectivity index (χ1v) is 8.21. The minimum Gasteiger partial charge on any atom is -0.497 e. The average molecular weight is 294 g/mol. The van der Waals surface area contributed by atoms with Crippen molar-refractivity contribution in [2.24, 2.45) is 0 Å². The van der Waals surface area contributed by atoms with Crippen LogP contribution in [0.15, 0.2) is 18.2 Å². The normalized spacial score (nSPS) is 20.2. The molecule has 110 valence electrons. The molecule has 5 heteroatoms. The van der Waals surface area contributed by atoms with Gasteiger partial charge in [-0.1, -0.05) is 6.07 Å². The van der Waals surface area contributed by atoms with E-state index >= 15 is 0 Å². The van der Waals surface area contributed by atoms with Crippen LogP contribution in [-0.4, -0.2) is 31.7 Å². The highest BCUT2D eigenvalue weighted by atomic mass is 32.2. The smallest absolute Gasteiger partial charge is 0.495 e. The molecule has 0 aliphatic carbocycles. The summed E-state index contributed by atoms with van der Waals surface area (Å²) in [6, 6.07) is 6.08. The average Bonchev–Trinajstić information content (AvgIpc) is 2.58. The van der Waals surface area contributed by atoms with Crippen molar-refractivity contribution < 1.29 is 14.0 Å². The van der Waals surface area contributed by atoms with Gasteiger partial charge in [0.1, 0.15) is 5.75 Å². The zero-order chi connectivity index (χ0) is 15.0. The second kappa shape index (κ2) is 5.62. The van der Waals surface area contributed by atoms with Crippen molar-refractivity contribution in [2.75, 3.05) is 13.4 Å². The summed E-state index contributed by atoms with van der Waals surface area (Å²) in [6.45, 7) is 8.30. The van der Waals surface area contributed by atoms with E-state index in [1.165, 1.54) is 5.56 Å². The maximum absolute atomic E-state index is 6.14. The second-order valence-electron chi connectivity index (χ2n) is 6.09. The van der Waals surface area contributed by atoms with Gasteiger partial charge in [-0.25, -0.2) is 0 Å². The summed E-state index contributed by atoms with van der Waals surface area (Å²) in [6.07, 6.45) is 2.09. The lowest BCUT2D eigenvalue weighted by Gasteiger charge is -2.32. The first kappa shape index (κ1) is 15.7. The maximum atomic E-state index is 6.14. The van der Waals surface area contributed by atoms with E-state index in [-0.39, 0.29) is 18.3 Å². The van der Waals surface area contributed by atoms with Crippen LogP contribution in [0.4, 0.5) is 0 Å². The Morgan fingerprint density at radius 2 is 1.75 bits per heavy atom. The number of thioether (sulfide) groups is 1. The van der Waals surface area contributed by atoms with Gasteiger partial charge in [-0.2, -0.15) is 11.8 Å². The Hall–Kier alpha value is -0.645. The van der Waals surface area contributed by atoms with Gasteiger partial charge in [0.25, 0.3) is 0 Å². The third kappa shape index (κ3) is 2.85. The summed E-state index contributed by atoms with van der Waals surface area (Å²) >= 11 is 1.78. The van der Waals surface area contributed by atoms with Gasteiger partial charge in [-0.3, -0.25) is 0 Å². The fourth-order valence-corrected chi connectivity index (χ4v) is 2.75. The first-order valence-electron chi connectivity index (χ1n) is 6.82. The Kier molecular flexibility index (Phi) is 4.43. The third-order valence-electron chi connectivity index (χ3n) is 4.16. The van der Waals surface area contributed by atoms with Crippen molar-refractivity contribution >= 4 is 24.3 Å². The van der Waals surface area contributed by atoms with E-state index in [0.29, 0.717) is 0 Å². The number of ether oxygens (including phenoxy) is 1. The van der Waals surface area contributed by atoms with Gasteiger partial charge >= 0.3 is 7.12 Å². The third-order valence-corrected chi connectivity index (χ3v) is 4.76. The molecule has 1 aromatic rings. The van der Waals surface area contributed by atoms with Gasteiger partial charge < -0.3 is 14.0 Å². The fraction of sp³-hybridized carbons (Fsp3) is 0.600. The molecule has 1 fully saturated rings. The summed E-state index contributed by atoms with van der Waals surface area (Å²) in [7, 11) is 1.38. The molecule has 1 aliphatic heterocycles. The van der Waals surface area contributed by atoms with E-state index in [1.807, 2.05) is 12.1 Å². The van der Waals surface area contributed by atoms with Crippen LogP contribution >= 0.6 is 11.8 Å². The summed E-state index contributed by atoms with van der Waals surface area (Å²) in [5.74, 6) is 1.78. The van der Waals surface area contributed by atoms with Crippen LogP contribution in [0.5, 0.6) is 5.75 Å². The Labute approximate surface area is 126 Å². The van der Waals surface area contributed by atoms with Crippen LogP contribution in [0.2, 0.25) is 0 Å². The Morgan fingerprint density at radius 3 is 2.25 bits per heavy atom. The predicted molar refractivity (Wildman–Crippen MR) is 85.9 cm³/mol. The van der Waals surface area contributed by atoms with Gasteiger partial charge in [-0.15, -0.1) is 0 Å². The molecule has 0 spiro atoms. The number of benzene rings is 1. The number of hydrogen-bond donors (Lipinski definition) is 0. The molecular weight excluding hydrogens is 271 g/mol. The molecule has 0 radical (unpaired) electrons. The Balaban J connectivity index is 2.34. The van der Waals surface area contributed by atoms with E-state index in [1.54, 1.807) is 18.9 Å². The van der Waals surface area contributed by atoms with E-state index < -0.39 is 0 Å². The lowest BCUT2D eigenvalue weighted by molar-refractivity contribution is 0.00578. The van der Waals surface area contributed by atoms with Crippen LogP contribution in [0, 0.1) is 0 Å². The molecule has 0 aromatic heterocycles. The maximum Gasteiger partial charge on any atom is 0.495 e. The summed E-state index contributed by atoms with van der Waals surface area (Å²) in [5.41, 5.74) is 1.68. The molecule has 0 bridgehead atoms. The highest BCUT2D eigenvalue weighted by molar-refractivity contribution is 7.97. The topological polar surface area (TPSA) is 27.7 Å². The van der Waals surface area contributed by atoms with Gasteiger partial charge in [0.15, 0.2) is 0 Å². The van der Waals surface area contributed by atoms with Gasteiger partial charge in [-0.05, 0) is 57.1 Å². The second-order valence-corrected chi connectivity index (χ2v) is 6.95. The van der Waals surface area contributed by atoms with Crippen molar-refractivity contribution in [3.8, 4) is 5.75 Å². The van der Waals surface area contributed by atoms with E-state index in [4.69, 9.17) is 14.0 Å². The van der Waals surface area contributed by atoms with Crippen molar-refractivity contribution in [3.05, 3.63) is 23.8 Å². The van der Waals surface area contributed by atoms with Crippen LogP contribution < -0.4 is 10.2 Å². The molecule has 0 N–H and O–H groups in total. The van der Waals surface area contributed by atoms with Crippen molar-refractivity contribution in [3.63, 3.8) is 0 Å². The van der Waals surface area contributed by atoms with Crippen LogP contribution in [0.3, 0.4) is 0 Å². The molecule has 1 saturated heterocycles. The van der Waals surface area contributed by atoms with Crippen LogP contribution in [-0.2, 0) is 15.1 Å². The van der Waals surface area contributed by atoms with Gasteiger partial charge in [0.2, 0.25) is 0 Å². The van der Waals surface area contributed by atoms with Crippen molar-refractivity contribution in [1.82, 2.24) is 0 Å². The molecular formula is C15H23BO3S. The van der Waals surface area contributed by atoms with E-state index in [9.17, 15) is 0 Å². The number of rotatable bonds is 4. The van der Waals surface area contributed by atoms with Gasteiger partial charge in [0, 0.05) is 5.75 Å². The number of methoxy groups -OCH3 is 1. The fourth-order valence-electron chi connectivity index (χ4n) is 2.19. The van der Waals surface area contributed by atoms with Crippen LogP contribution in [0.1, 0.15) is 33.3 Å². The lowest BCUT2D eigenvalue weighted by Crippen LogP contribution is -2.41. The Morgan fingerprint density at radius 1 is 1.15 bits per heavy atom. The quantitative estimate of drug-likeness (QED) is 0.798. The van der Waals surface area contributed by atoms with Crippen molar-refractivity contribution in [1.29, 1.82) is 0 Å². The summed E-state index contributed by atoms with van der Waals surface area (Å²) in [4.78, 5) is 0. The molecule has 0 atom stereocenters. The summed E-state index contributed by atoms with van der Waals surface area (Å²) < 4.78 is 17.6. The molecule has 3 nitrogen and oxygen atoms in total. The molecule has 2 rings (SSSR count). The SMILES string of the molecule is COc1ccc(B2OC(C)(C)C(C)(C)O2)c(CSC)c1. The molecule has 0 amide bonds. The summed E-state index contributed by atoms with van der Waals surface area (Å²) in [5, 5.41) is 0. The zero-order valence-electron chi connectivity index (χ0n) is 13.1. The Bertz CT molecular complexity index is 472. The molecule has 0 unspecified atom stereocenters. The number of hydrogen-bond acceptors (Lipinski definition) is 4. The molecule has 1 heterocycles. The predicted octanol–water partition coefficient (Wildman–Crippen LogP) is 2.86. The first-order chi connectivity index (χ1) is 9.30. The van der Waals surface area contributed by atoms with Gasteiger partial charge in [0.05, 0.1) is 18.3 Å².